The molecule has 1 N–H and O–H groups in total. The van der Waals surface area contributed by atoms with Gasteiger partial charge in [0.05, 0.1) is 11.9 Å². The number of amides is 3. The third-order valence-corrected chi connectivity index (χ3v) is 7.83. The molecule has 0 radical (unpaired) electrons. The van der Waals surface area contributed by atoms with Crippen LogP contribution in [0.15, 0.2) is 61.1 Å². The molecule has 1 saturated heterocycles. The van der Waals surface area contributed by atoms with Crippen LogP contribution < -0.4 is 10.1 Å². The van der Waals surface area contributed by atoms with E-state index < -0.39 is 6.61 Å². The number of hydrogen-bond donors (Lipinski definition) is 1. The number of fused-ring (bicyclic) bond motifs is 1. The number of rotatable bonds is 10. The summed E-state index contributed by atoms with van der Waals surface area (Å²) in [5.41, 5.74) is 4.28. The Morgan fingerprint density at radius 3 is 2.36 bits per heavy atom. The Hall–Kier alpha value is -4.78. The maximum atomic E-state index is 13.4. The van der Waals surface area contributed by atoms with Crippen molar-refractivity contribution in [3.8, 4) is 17.0 Å². The number of carbonyl (C=O) groups is 2. The van der Waals surface area contributed by atoms with Crippen molar-refractivity contribution in [2.24, 2.45) is 0 Å². The third-order valence-electron chi connectivity index (χ3n) is 7.83. The molecule has 5 rings (SSSR count). The van der Waals surface area contributed by atoms with Crippen LogP contribution >= 0.6 is 0 Å². The number of likely N-dealkylation sites (N-methyl/N-ethyl adjacent to an activating group) is 2. The van der Waals surface area contributed by atoms with Crippen molar-refractivity contribution in [3.63, 3.8) is 0 Å². The summed E-state index contributed by atoms with van der Waals surface area (Å²) in [6.45, 7) is 5.06. The smallest absolute Gasteiger partial charge is 0.387 e. The highest BCUT2D eigenvalue weighted by atomic mass is 19.3. The van der Waals surface area contributed by atoms with Gasteiger partial charge in [0.1, 0.15) is 5.75 Å². The van der Waals surface area contributed by atoms with Crippen molar-refractivity contribution >= 4 is 29.1 Å². The molecule has 11 nitrogen and oxygen atoms in total. The third kappa shape index (κ3) is 7.31. The Kier molecular flexibility index (Phi) is 9.77. The van der Waals surface area contributed by atoms with Gasteiger partial charge in [-0.3, -0.25) is 9.20 Å². The first-order valence-corrected chi connectivity index (χ1v) is 14.9. The summed E-state index contributed by atoms with van der Waals surface area (Å²) < 4.78 is 31.3. The number of aromatic nitrogens is 3. The molecule has 13 heteroatoms. The molecule has 0 spiro atoms. The van der Waals surface area contributed by atoms with Crippen molar-refractivity contribution in [1.82, 2.24) is 34.0 Å². The van der Waals surface area contributed by atoms with Crippen molar-refractivity contribution in [2.45, 2.75) is 20.5 Å². The number of anilines is 2. The zero-order chi connectivity index (χ0) is 32.1. The predicted molar refractivity (Wildman–Crippen MR) is 168 cm³/mol. The van der Waals surface area contributed by atoms with Crippen LogP contribution in [0.25, 0.3) is 16.9 Å². The van der Waals surface area contributed by atoms with Crippen LogP contribution in [0, 0.1) is 6.92 Å². The number of benzene rings is 2. The number of urea groups is 1. The summed E-state index contributed by atoms with van der Waals surface area (Å²) in [6, 6.07) is 11.9. The summed E-state index contributed by atoms with van der Waals surface area (Å²) in [5, 5.41) is 3.31. The minimum Gasteiger partial charge on any atom is -0.435 e. The van der Waals surface area contributed by atoms with Gasteiger partial charge in [-0.15, -0.1) is 0 Å². The summed E-state index contributed by atoms with van der Waals surface area (Å²) in [4.78, 5) is 43.0. The average molecular weight is 621 g/mol. The summed E-state index contributed by atoms with van der Waals surface area (Å²) in [5.74, 6) is 0.539. The minimum atomic E-state index is -2.88. The Morgan fingerprint density at radius 2 is 1.71 bits per heavy atom. The van der Waals surface area contributed by atoms with Crippen LogP contribution in [0.1, 0.15) is 22.8 Å². The summed E-state index contributed by atoms with van der Waals surface area (Å²) in [7, 11) is 3.98. The van der Waals surface area contributed by atoms with E-state index in [0.717, 1.165) is 29.1 Å². The topological polar surface area (TPSA) is 98.6 Å². The summed E-state index contributed by atoms with van der Waals surface area (Å²) >= 11 is 0. The van der Waals surface area contributed by atoms with Crippen LogP contribution in [0.2, 0.25) is 0 Å². The number of carbonyl (C=O) groups excluding carboxylic acids is 2. The van der Waals surface area contributed by atoms with E-state index in [2.05, 4.69) is 24.9 Å². The van der Waals surface area contributed by atoms with E-state index in [9.17, 15) is 18.4 Å². The second-order valence-electron chi connectivity index (χ2n) is 11.1. The minimum absolute atomic E-state index is 0.0173. The molecule has 3 heterocycles. The molecule has 0 aliphatic carbocycles. The average Bonchev–Trinajstić information content (AvgIpc) is 3.46. The number of nitrogens with zero attached hydrogens (tertiary/aromatic N) is 7. The quantitative estimate of drug-likeness (QED) is 0.272. The maximum Gasteiger partial charge on any atom is 0.387 e. The van der Waals surface area contributed by atoms with Gasteiger partial charge in [0.25, 0.3) is 5.91 Å². The highest BCUT2D eigenvalue weighted by Gasteiger charge is 2.28. The molecule has 1 fully saturated rings. The number of halogens is 2. The lowest BCUT2D eigenvalue weighted by molar-refractivity contribution is -0.0498. The van der Waals surface area contributed by atoms with Crippen LogP contribution in [-0.4, -0.2) is 112 Å². The van der Waals surface area contributed by atoms with Gasteiger partial charge in [-0.1, -0.05) is 0 Å². The van der Waals surface area contributed by atoms with E-state index in [4.69, 9.17) is 0 Å². The van der Waals surface area contributed by atoms with Crippen LogP contribution in [0.4, 0.5) is 25.1 Å². The highest BCUT2D eigenvalue weighted by Crippen LogP contribution is 2.28. The Bertz CT molecular complexity index is 1640. The van der Waals surface area contributed by atoms with Gasteiger partial charge in [0, 0.05) is 75.0 Å². The lowest BCUT2D eigenvalue weighted by Crippen LogP contribution is -2.54. The lowest BCUT2D eigenvalue weighted by Gasteiger charge is -2.37. The van der Waals surface area contributed by atoms with E-state index in [1.54, 1.807) is 41.7 Å². The van der Waals surface area contributed by atoms with Crippen molar-refractivity contribution < 1.29 is 23.1 Å². The molecule has 1 aliphatic rings. The van der Waals surface area contributed by atoms with E-state index in [-0.39, 0.29) is 17.7 Å². The van der Waals surface area contributed by atoms with E-state index >= 15 is 0 Å². The molecule has 0 unspecified atom stereocenters. The Labute approximate surface area is 261 Å². The molecule has 45 heavy (non-hydrogen) atoms. The lowest BCUT2D eigenvalue weighted by atomic mass is 10.1. The number of ether oxygens (including phenoxy) is 1. The van der Waals surface area contributed by atoms with E-state index in [1.807, 2.05) is 54.3 Å². The van der Waals surface area contributed by atoms with Gasteiger partial charge in [-0.2, -0.15) is 8.78 Å². The van der Waals surface area contributed by atoms with Crippen molar-refractivity contribution in [3.05, 3.63) is 72.2 Å². The van der Waals surface area contributed by atoms with Gasteiger partial charge in [-0.25, -0.2) is 14.8 Å². The summed E-state index contributed by atoms with van der Waals surface area (Å²) in [6.07, 6.45) is 5.11. The normalized spacial score (nSPS) is 13.5. The molecular formula is C32H38F2N8O3. The van der Waals surface area contributed by atoms with E-state index in [0.29, 0.717) is 56.3 Å². The second-order valence-corrected chi connectivity index (χ2v) is 11.1. The largest absolute Gasteiger partial charge is 0.435 e. The van der Waals surface area contributed by atoms with Gasteiger partial charge >= 0.3 is 12.6 Å². The molecule has 2 aromatic carbocycles. The molecule has 1 aliphatic heterocycles. The molecule has 4 aromatic rings. The first-order valence-electron chi connectivity index (χ1n) is 14.9. The number of aryl methyl sites for hydroxylation is 1. The first-order chi connectivity index (χ1) is 21.6. The fourth-order valence-corrected chi connectivity index (χ4v) is 5.33. The second kappa shape index (κ2) is 13.9. The number of nitrogens with one attached hydrogen (secondary N) is 1. The molecular weight excluding hydrogens is 582 g/mol. The van der Waals surface area contributed by atoms with Gasteiger partial charge in [0.2, 0.25) is 0 Å². The molecule has 0 atom stereocenters. The molecule has 0 saturated carbocycles. The van der Waals surface area contributed by atoms with Crippen molar-refractivity contribution in [2.75, 3.05) is 65.2 Å². The molecule has 0 bridgehead atoms. The SMILES string of the molecule is CCN(CCN(C)C)C(=O)N1CCN(C(=O)c2ccc(Nc3nccn4c(-c5ccc(OC(F)F)cc5)cnc34)cc2C)CC1. The zero-order valence-corrected chi connectivity index (χ0v) is 25.9. The fraction of sp³-hybridized carbons (Fsp3) is 0.375. The van der Waals surface area contributed by atoms with E-state index in [1.165, 1.54) is 12.1 Å². The first kappa shape index (κ1) is 31.6. The number of hydrogen-bond acceptors (Lipinski definition) is 7. The Morgan fingerprint density at radius 1 is 1.00 bits per heavy atom. The molecule has 2 aromatic heterocycles. The van der Waals surface area contributed by atoms with Crippen LogP contribution in [-0.2, 0) is 0 Å². The fourth-order valence-electron chi connectivity index (χ4n) is 5.33. The van der Waals surface area contributed by atoms with Crippen LogP contribution in [0.5, 0.6) is 5.75 Å². The number of piperazine rings is 1. The predicted octanol–water partition coefficient (Wildman–Crippen LogP) is 4.81. The van der Waals surface area contributed by atoms with Gasteiger partial charge < -0.3 is 29.7 Å². The number of alkyl halides is 2. The maximum absolute atomic E-state index is 13.4. The van der Waals surface area contributed by atoms with Gasteiger partial charge in [0.15, 0.2) is 11.5 Å². The molecule has 3 amide bonds. The van der Waals surface area contributed by atoms with Gasteiger partial charge in [-0.05, 0) is 76.0 Å². The van der Waals surface area contributed by atoms with Crippen LogP contribution in [0.3, 0.4) is 0 Å². The monoisotopic (exact) mass is 620 g/mol. The Balaban J connectivity index is 1.23. The highest BCUT2D eigenvalue weighted by molar-refractivity contribution is 5.96. The number of imidazole rings is 1. The zero-order valence-electron chi connectivity index (χ0n) is 25.9. The van der Waals surface area contributed by atoms with Crippen molar-refractivity contribution in [1.29, 1.82) is 0 Å². The standard InChI is InChI=1S/C32H38F2N8O3/c1-5-39(15-14-38(3)4)32(44)41-18-16-40(17-19-41)30(43)26-11-8-24(20-22(26)2)37-28-29-36-21-27(42(29)13-12-35-28)23-6-9-25(10-7-23)45-31(33)34/h6-13,20-21,31H,5,14-19H2,1-4H3,(H,35,37). The molecule has 238 valence electrons.